The molecule has 1 saturated carbocycles. The number of carbonyl (C=O) groups is 1. The van der Waals surface area contributed by atoms with Crippen LogP contribution >= 0.6 is 0 Å². The number of rotatable bonds is 5. The molecule has 0 aliphatic heterocycles. The van der Waals surface area contributed by atoms with Crippen LogP contribution in [0.4, 0.5) is 0 Å². The van der Waals surface area contributed by atoms with E-state index in [4.69, 9.17) is 0 Å². The molecule has 0 bridgehead atoms. The molecule has 1 aliphatic carbocycles. The summed E-state index contributed by atoms with van der Waals surface area (Å²) in [5, 5.41) is 12.5. The zero-order valence-electron chi connectivity index (χ0n) is 9.39. The number of nitrogens with one attached hydrogen (secondary N) is 1. The first-order valence-corrected chi connectivity index (χ1v) is 5.69. The number of benzene rings is 1. The van der Waals surface area contributed by atoms with Crippen molar-refractivity contribution in [3.05, 3.63) is 35.9 Å². The SMILES string of the molecule is CC1CC1NCC(C(=O)O)c1ccccc1. The van der Waals surface area contributed by atoms with Crippen LogP contribution in [-0.2, 0) is 4.79 Å². The average Bonchev–Trinajstić information content (AvgIpc) is 2.96. The van der Waals surface area contributed by atoms with E-state index in [9.17, 15) is 9.90 Å². The molecule has 16 heavy (non-hydrogen) atoms. The number of aliphatic carboxylic acids is 1. The normalized spacial score (nSPS) is 25.1. The highest BCUT2D eigenvalue weighted by molar-refractivity contribution is 5.76. The Kier molecular flexibility index (Phi) is 3.25. The third kappa shape index (κ3) is 2.61. The summed E-state index contributed by atoms with van der Waals surface area (Å²) in [5.74, 6) is -0.494. The lowest BCUT2D eigenvalue weighted by Gasteiger charge is -2.13. The van der Waals surface area contributed by atoms with Gasteiger partial charge in [0.15, 0.2) is 0 Å². The minimum atomic E-state index is -0.757. The van der Waals surface area contributed by atoms with Crippen LogP contribution in [0.5, 0.6) is 0 Å². The van der Waals surface area contributed by atoms with E-state index in [-0.39, 0.29) is 0 Å². The van der Waals surface area contributed by atoms with Crippen LogP contribution in [0.15, 0.2) is 30.3 Å². The Hall–Kier alpha value is -1.35. The molecule has 1 fully saturated rings. The highest BCUT2D eigenvalue weighted by Crippen LogP contribution is 2.29. The smallest absolute Gasteiger partial charge is 0.312 e. The van der Waals surface area contributed by atoms with Crippen LogP contribution in [0.2, 0.25) is 0 Å². The van der Waals surface area contributed by atoms with Crippen LogP contribution in [-0.4, -0.2) is 23.7 Å². The molecule has 3 atom stereocenters. The fourth-order valence-electron chi connectivity index (χ4n) is 1.91. The topological polar surface area (TPSA) is 49.3 Å². The largest absolute Gasteiger partial charge is 0.481 e. The molecule has 3 unspecified atom stereocenters. The van der Waals surface area contributed by atoms with Gasteiger partial charge in [0, 0.05) is 12.6 Å². The number of hydrogen-bond acceptors (Lipinski definition) is 2. The van der Waals surface area contributed by atoms with Gasteiger partial charge in [-0.1, -0.05) is 37.3 Å². The van der Waals surface area contributed by atoms with Crippen molar-refractivity contribution >= 4 is 5.97 Å². The van der Waals surface area contributed by atoms with Crippen molar-refractivity contribution in [3.63, 3.8) is 0 Å². The summed E-state index contributed by atoms with van der Waals surface area (Å²) in [7, 11) is 0. The molecule has 3 nitrogen and oxygen atoms in total. The van der Waals surface area contributed by atoms with Crippen LogP contribution in [0.25, 0.3) is 0 Å². The lowest BCUT2D eigenvalue weighted by Crippen LogP contribution is -2.28. The first kappa shape index (κ1) is 11.1. The minimum absolute atomic E-state index is 0.436. The van der Waals surface area contributed by atoms with Crippen LogP contribution in [0, 0.1) is 5.92 Å². The molecule has 0 heterocycles. The Morgan fingerprint density at radius 3 is 2.62 bits per heavy atom. The highest BCUT2D eigenvalue weighted by Gasteiger charge is 2.33. The molecule has 0 saturated heterocycles. The van der Waals surface area contributed by atoms with E-state index in [1.54, 1.807) is 0 Å². The quantitative estimate of drug-likeness (QED) is 0.794. The molecule has 1 aromatic carbocycles. The van der Waals surface area contributed by atoms with Gasteiger partial charge in [0.05, 0.1) is 5.92 Å². The Morgan fingerprint density at radius 2 is 2.12 bits per heavy atom. The summed E-state index contributed by atoms with van der Waals surface area (Å²) in [6.07, 6.45) is 1.17. The van der Waals surface area contributed by atoms with Crippen molar-refractivity contribution in [1.29, 1.82) is 0 Å². The van der Waals surface area contributed by atoms with E-state index in [0.29, 0.717) is 18.5 Å². The van der Waals surface area contributed by atoms with Gasteiger partial charge in [-0.3, -0.25) is 4.79 Å². The Bertz CT molecular complexity index is 363. The fraction of sp³-hybridized carbons (Fsp3) is 0.462. The van der Waals surface area contributed by atoms with Gasteiger partial charge in [-0.15, -0.1) is 0 Å². The second-order valence-corrected chi connectivity index (χ2v) is 4.53. The molecule has 2 rings (SSSR count). The lowest BCUT2D eigenvalue weighted by molar-refractivity contribution is -0.138. The van der Waals surface area contributed by atoms with Gasteiger partial charge in [-0.2, -0.15) is 0 Å². The standard InChI is InChI=1S/C13H17NO2/c1-9-7-12(9)14-8-11(13(15)16)10-5-3-2-4-6-10/h2-6,9,11-12,14H,7-8H2,1H3,(H,15,16). The Balaban J connectivity index is 1.97. The average molecular weight is 219 g/mol. The van der Waals surface area contributed by atoms with Crippen LogP contribution in [0.1, 0.15) is 24.8 Å². The van der Waals surface area contributed by atoms with E-state index >= 15 is 0 Å². The van der Waals surface area contributed by atoms with E-state index < -0.39 is 11.9 Å². The third-order valence-electron chi connectivity index (χ3n) is 3.19. The molecule has 1 aromatic rings. The summed E-state index contributed by atoms with van der Waals surface area (Å²) >= 11 is 0. The predicted octanol–water partition coefficient (Wildman–Crippen LogP) is 1.85. The molecule has 1 aliphatic rings. The second kappa shape index (κ2) is 4.66. The van der Waals surface area contributed by atoms with Gasteiger partial charge >= 0.3 is 5.97 Å². The van der Waals surface area contributed by atoms with Gasteiger partial charge in [-0.05, 0) is 17.9 Å². The van der Waals surface area contributed by atoms with Gasteiger partial charge in [0.25, 0.3) is 0 Å². The third-order valence-corrected chi connectivity index (χ3v) is 3.19. The lowest BCUT2D eigenvalue weighted by atomic mass is 9.99. The van der Waals surface area contributed by atoms with Crippen molar-refractivity contribution in [1.82, 2.24) is 5.32 Å². The zero-order chi connectivity index (χ0) is 11.5. The molecule has 3 heteroatoms. The second-order valence-electron chi connectivity index (χ2n) is 4.53. The van der Waals surface area contributed by atoms with Gasteiger partial charge in [0.1, 0.15) is 0 Å². The number of carboxylic acid groups (broad SMARTS) is 1. The number of hydrogen-bond donors (Lipinski definition) is 2. The molecular weight excluding hydrogens is 202 g/mol. The maximum atomic E-state index is 11.2. The van der Waals surface area contributed by atoms with Crippen LogP contribution < -0.4 is 5.32 Å². The first-order valence-electron chi connectivity index (χ1n) is 5.69. The molecule has 2 N–H and O–H groups in total. The Morgan fingerprint density at radius 1 is 1.50 bits per heavy atom. The maximum absolute atomic E-state index is 11.2. The van der Waals surface area contributed by atoms with Crippen molar-refractivity contribution in [2.45, 2.75) is 25.3 Å². The summed E-state index contributed by atoms with van der Waals surface area (Å²) in [5.41, 5.74) is 0.871. The zero-order valence-corrected chi connectivity index (χ0v) is 9.39. The minimum Gasteiger partial charge on any atom is -0.481 e. The fourth-order valence-corrected chi connectivity index (χ4v) is 1.91. The van der Waals surface area contributed by atoms with Crippen LogP contribution in [0.3, 0.4) is 0 Å². The molecule has 86 valence electrons. The summed E-state index contributed by atoms with van der Waals surface area (Å²) in [6.45, 7) is 2.70. The molecule has 0 radical (unpaired) electrons. The summed E-state index contributed by atoms with van der Waals surface area (Å²) in [4.78, 5) is 11.2. The molecule has 0 aromatic heterocycles. The van der Waals surface area contributed by atoms with E-state index in [1.165, 1.54) is 6.42 Å². The molecular formula is C13H17NO2. The molecule has 0 spiro atoms. The molecule has 0 amide bonds. The van der Waals surface area contributed by atoms with E-state index in [2.05, 4.69) is 12.2 Å². The van der Waals surface area contributed by atoms with E-state index in [1.807, 2.05) is 30.3 Å². The van der Waals surface area contributed by atoms with Crippen molar-refractivity contribution in [2.24, 2.45) is 5.92 Å². The van der Waals surface area contributed by atoms with Crippen molar-refractivity contribution in [3.8, 4) is 0 Å². The van der Waals surface area contributed by atoms with Gasteiger partial charge in [-0.25, -0.2) is 0 Å². The van der Waals surface area contributed by atoms with Gasteiger partial charge < -0.3 is 10.4 Å². The monoisotopic (exact) mass is 219 g/mol. The number of carboxylic acids is 1. The van der Waals surface area contributed by atoms with Crippen molar-refractivity contribution < 1.29 is 9.90 Å². The highest BCUT2D eigenvalue weighted by atomic mass is 16.4. The van der Waals surface area contributed by atoms with Gasteiger partial charge in [0.2, 0.25) is 0 Å². The first-order chi connectivity index (χ1) is 7.68. The van der Waals surface area contributed by atoms with Crippen molar-refractivity contribution in [2.75, 3.05) is 6.54 Å². The maximum Gasteiger partial charge on any atom is 0.312 e. The van der Waals surface area contributed by atoms with E-state index in [0.717, 1.165) is 5.56 Å². The summed E-state index contributed by atoms with van der Waals surface area (Å²) in [6, 6.07) is 9.92. The Labute approximate surface area is 95.5 Å². The summed E-state index contributed by atoms with van der Waals surface area (Å²) < 4.78 is 0. The predicted molar refractivity (Wildman–Crippen MR) is 62.4 cm³/mol.